The van der Waals surface area contributed by atoms with Crippen LogP contribution in [0.5, 0.6) is 17.4 Å². The topological polar surface area (TPSA) is 62.2 Å². The maximum Gasteiger partial charge on any atom is 0.269 e. The molecule has 25 heavy (non-hydrogen) atoms. The number of oxime groups is 1. The lowest BCUT2D eigenvalue weighted by molar-refractivity contribution is -0.105. The first-order valence-corrected chi connectivity index (χ1v) is 7.86. The molecule has 6 nitrogen and oxygen atoms in total. The van der Waals surface area contributed by atoms with Gasteiger partial charge in [-0.05, 0) is 39.0 Å². The van der Waals surface area contributed by atoms with Gasteiger partial charge in [-0.1, -0.05) is 17.3 Å². The van der Waals surface area contributed by atoms with Crippen molar-refractivity contribution in [1.29, 1.82) is 0 Å². The van der Waals surface area contributed by atoms with Crippen LogP contribution in [-0.4, -0.2) is 24.9 Å². The van der Waals surface area contributed by atoms with Crippen molar-refractivity contribution in [3.8, 4) is 17.4 Å². The third-order valence-corrected chi connectivity index (χ3v) is 3.29. The number of aryl methyl sites for hydroxylation is 2. The van der Waals surface area contributed by atoms with Crippen LogP contribution in [0.15, 0.2) is 47.8 Å². The Morgan fingerprint density at radius 3 is 2.48 bits per heavy atom. The number of ether oxygens (including phenoxy) is 1. The summed E-state index contributed by atoms with van der Waals surface area (Å²) in [6.45, 7) is 6.37. The minimum Gasteiger partial charge on any atom is -0.490 e. The molecule has 0 N–H and O–H groups in total. The Morgan fingerprint density at radius 1 is 1.12 bits per heavy atom. The fourth-order valence-electron chi connectivity index (χ4n) is 2.08. The van der Waals surface area contributed by atoms with Crippen molar-refractivity contribution < 1.29 is 19.3 Å². The van der Waals surface area contributed by atoms with Gasteiger partial charge in [0.15, 0.2) is 5.75 Å². The minimum absolute atomic E-state index is 0.349. The van der Waals surface area contributed by atoms with Gasteiger partial charge >= 0.3 is 0 Å². The highest BCUT2D eigenvalue weighted by atomic mass is 17.2. The van der Waals surface area contributed by atoms with Crippen molar-refractivity contribution in [1.82, 2.24) is 4.98 Å². The van der Waals surface area contributed by atoms with E-state index in [0.29, 0.717) is 18.2 Å². The lowest BCUT2D eigenvalue weighted by atomic mass is 10.1. The van der Waals surface area contributed by atoms with Gasteiger partial charge in [0.1, 0.15) is 19.5 Å². The lowest BCUT2D eigenvalue weighted by Gasteiger charge is -2.12. The van der Waals surface area contributed by atoms with Gasteiger partial charge in [0.2, 0.25) is 0 Å². The smallest absolute Gasteiger partial charge is 0.269 e. The normalized spacial score (nSPS) is 11.0. The molecule has 0 fully saturated rings. The van der Waals surface area contributed by atoms with Crippen LogP contribution in [0.25, 0.3) is 0 Å². The molecule has 0 saturated heterocycles. The summed E-state index contributed by atoms with van der Waals surface area (Å²) in [7, 11) is 1.48. The highest BCUT2D eigenvalue weighted by Gasteiger charge is 2.10. The Morgan fingerprint density at radius 2 is 1.88 bits per heavy atom. The van der Waals surface area contributed by atoms with Crippen molar-refractivity contribution in [3.63, 3.8) is 0 Å². The molecule has 1 aromatic heterocycles. The molecule has 0 spiro atoms. The minimum atomic E-state index is 0.349. The van der Waals surface area contributed by atoms with Crippen LogP contribution in [0.4, 0.5) is 0 Å². The van der Waals surface area contributed by atoms with Gasteiger partial charge in [-0.3, -0.25) is 9.78 Å². The van der Waals surface area contributed by atoms with E-state index in [1.807, 2.05) is 45.1 Å². The van der Waals surface area contributed by atoms with Crippen molar-refractivity contribution in [2.45, 2.75) is 20.8 Å². The molecule has 2 aromatic rings. The molecular formula is C19H22N2O4. The van der Waals surface area contributed by atoms with Crippen LogP contribution in [0.3, 0.4) is 0 Å². The summed E-state index contributed by atoms with van der Waals surface area (Å²) in [6.07, 6.45) is 7.06. The molecule has 0 bridgehead atoms. The molecule has 0 aliphatic rings. The molecule has 0 aliphatic heterocycles. The molecule has 0 aliphatic carbocycles. The van der Waals surface area contributed by atoms with Crippen molar-refractivity contribution in [2.75, 3.05) is 13.7 Å². The quantitative estimate of drug-likeness (QED) is 0.314. The molecule has 6 heteroatoms. The Kier molecular flexibility index (Phi) is 6.83. The van der Waals surface area contributed by atoms with Gasteiger partial charge in [-0.15, -0.1) is 0 Å². The Labute approximate surface area is 147 Å². The van der Waals surface area contributed by atoms with E-state index in [4.69, 9.17) is 14.5 Å². The molecule has 2 rings (SSSR count). The number of rotatable bonds is 8. The molecule has 1 heterocycles. The highest BCUT2D eigenvalue weighted by Crippen LogP contribution is 2.29. The Balaban J connectivity index is 2.01. The van der Waals surface area contributed by atoms with Gasteiger partial charge in [-0.2, -0.15) is 0 Å². The number of hydrogen-bond donors (Lipinski definition) is 0. The van der Waals surface area contributed by atoms with E-state index >= 15 is 0 Å². The monoisotopic (exact) mass is 342 g/mol. The van der Waals surface area contributed by atoms with Gasteiger partial charge < -0.3 is 9.57 Å². The summed E-state index contributed by atoms with van der Waals surface area (Å²) in [5.74, 6) is 1.78. The summed E-state index contributed by atoms with van der Waals surface area (Å²) in [6, 6.07) is 7.31. The second kappa shape index (κ2) is 9.32. The predicted molar refractivity (Wildman–Crippen MR) is 96.3 cm³/mol. The van der Waals surface area contributed by atoms with Crippen molar-refractivity contribution >= 4 is 6.21 Å². The lowest BCUT2D eigenvalue weighted by Crippen LogP contribution is -2.05. The third-order valence-electron chi connectivity index (χ3n) is 3.29. The van der Waals surface area contributed by atoms with Crippen molar-refractivity contribution in [3.05, 3.63) is 59.3 Å². The number of nitrogens with zero attached hydrogens (tertiary/aromatic N) is 2. The van der Waals surface area contributed by atoms with Crippen LogP contribution in [-0.2, 0) is 4.84 Å². The maximum atomic E-state index is 5.65. The molecule has 0 unspecified atom stereocenters. The van der Waals surface area contributed by atoms with E-state index in [2.05, 4.69) is 15.0 Å². The second-order valence-corrected chi connectivity index (χ2v) is 5.28. The fraction of sp³-hybridized carbons (Fsp3) is 0.263. The summed E-state index contributed by atoms with van der Waals surface area (Å²) >= 11 is 0. The summed E-state index contributed by atoms with van der Waals surface area (Å²) in [5, 5.41) is 3.67. The summed E-state index contributed by atoms with van der Waals surface area (Å²) < 4.78 is 5.65. The predicted octanol–water partition coefficient (Wildman–Crippen LogP) is 4.01. The number of benzene rings is 1. The number of aromatic nitrogens is 1. The van der Waals surface area contributed by atoms with Crippen LogP contribution in [0, 0.1) is 13.8 Å². The number of hydrogen-bond acceptors (Lipinski definition) is 6. The number of pyridine rings is 1. The van der Waals surface area contributed by atoms with E-state index in [-0.39, 0.29) is 0 Å². The zero-order chi connectivity index (χ0) is 18.1. The SMILES string of the molecule is C/C=C/COc1cc(C)c(OOc2ccc(/C=N/OC)cn2)c(C)c1. The highest BCUT2D eigenvalue weighted by molar-refractivity contribution is 5.78. The van der Waals surface area contributed by atoms with Gasteiger partial charge in [0.05, 0.1) is 6.21 Å². The standard InChI is InChI=1S/C19H22N2O4/c1-5-6-9-23-17-10-14(2)19(15(3)11-17)25-24-18-8-7-16(12-20-18)13-21-22-4/h5-8,10-13H,9H2,1-4H3/b6-5+,21-13+. The molecule has 0 saturated carbocycles. The van der Waals surface area contributed by atoms with E-state index in [1.165, 1.54) is 7.11 Å². The third kappa shape index (κ3) is 5.53. The zero-order valence-electron chi connectivity index (χ0n) is 14.9. The van der Waals surface area contributed by atoms with E-state index < -0.39 is 0 Å². The zero-order valence-corrected chi connectivity index (χ0v) is 14.9. The van der Waals surface area contributed by atoms with Gasteiger partial charge in [0, 0.05) is 29.0 Å². The van der Waals surface area contributed by atoms with Gasteiger partial charge in [0.25, 0.3) is 5.88 Å². The average Bonchev–Trinajstić information content (AvgIpc) is 2.60. The largest absolute Gasteiger partial charge is 0.490 e. The first-order valence-electron chi connectivity index (χ1n) is 7.86. The average molecular weight is 342 g/mol. The number of allylic oxidation sites excluding steroid dienone is 1. The van der Waals surface area contributed by atoms with E-state index in [9.17, 15) is 0 Å². The molecule has 0 atom stereocenters. The second-order valence-electron chi connectivity index (χ2n) is 5.28. The molecular weight excluding hydrogens is 320 g/mol. The Bertz CT molecular complexity index is 717. The molecule has 1 aromatic carbocycles. The van der Waals surface area contributed by atoms with Crippen LogP contribution >= 0.6 is 0 Å². The molecule has 0 radical (unpaired) electrons. The fourth-order valence-corrected chi connectivity index (χ4v) is 2.08. The van der Waals surface area contributed by atoms with Gasteiger partial charge in [-0.25, -0.2) is 4.98 Å². The van der Waals surface area contributed by atoms with Crippen LogP contribution < -0.4 is 14.5 Å². The van der Waals surface area contributed by atoms with Crippen LogP contribution in [0.1, 0.15) is 23.6 Å². The maximum absolute atomic E-state index is 5.65. The first kappa shape index (κ1) is 18.3. The van der Waals surface area contributed by atoms with Crippen LogP contribution in [0.2, 0.25) is 0 Å². The first-order chi connectivity index (χ1) is 12.1. The summed E-state index contributed by atoms with van der Waals surface area (Å²) in [4.78, 5) is 19.5. The Hall–Kier alpha value is -3.02. The van der Waals surface area contributed by atoms with E-state index in [0.717, 1.165) is 22.4 Å². The van der Waals surface area contributed by atoms with E-state index in [1.54, 1.807) is 24.5 Å². The molecule has 132 valence electrons. The summed E-state index contributed by atoms with van der Waals surface area (Å²) in [5.41, 5.74) is 2.63. The molecule has 0 amide bonds. The van der Waals surface area contributed by atoms with Crippen molar-refractivity contribution in [2.24, 2.45) is 5.16 Å².